The van der Waals surface area contributed by atoms with Crippen molar-refractivity contribution in [3.8, 4) is 23.6 Å². The van der Waals surface area contributed by atoms with Gasteiger partial charge in [0.05, 0.1) is 16.4 Å². The summed E-state index contributed by atoms with van der Waals surface area (Å²) >= 11 is 11.7. The molecule has 0 radical (unpaired) electrons. The number of carbonyl (C=O) groups excluding carboxylic acids is 1. The van der Waals surface area contributed by atoms with Crippen molar-refractivity contribution in [2.45, 2.75) is 46.2 Å². The summed E-state index contributed by atoms with van der Waals surface area (Å²) in [6.07, 6.45) is 5.66. The van der Waals surface area contributed by atoms with Crippen molar-refractivity contribution >= 4 is 34.1 Å². The zero-order chi connectivity index (χ0) is 20.7. The van der Waals surface area contributed by atoms with Crippen LogP contribution in [-0.2, 0) is 11.6 Å². The van der Waals surface area contributed by atoms with E-state index in [-0.39, 0.29) is 12.2 Å². The smallest absolute Gasteiger partial charge is 0.258 e. The third kappa shape index (κ3) is 4.16. The molecule has 1 heterocycles. The molecule has 0 aliphatic rings. The second-order valence-electron chi connectivity index (χ2n) is 7.43. The molecule has 2 rings (SSSR count). The Balaban J connectivity index is 2.58. The number of hydrogen-bond acceptors (Lipinski definition) is 3. The molecule has 144 valence electrons. The minimum Gasteiger partial charge on any atom is -0.294 e. The standard InChI is InChI=1S/C20H23Cl2N2O2P/c1-8-15-14(4)24(7)23-19(15)17-10-16(12(2)9-13(17)3)18(25)11-20(5,6)27(21,22)26/h1,9-10H,11H2,2-7H3. The van der Waals surface area contributed by atoms with Gasteiger partial charge in [-0.3, -0.25) is 14.0 Å². The molecule has 0 aliphatic heterocycles. The number of aryl methyl sites for hydroxylation is 3. The summed E-state index contributed by atoms with van der Waals surface area (Å²) in [7, 11) is 1.83. The summed E-state index contributed by atoms with van der Waals surface area (Å²) in [6, 6.07) is 3.74. The maximum absolute atomic E-state index is 12.9. The van der Waals surface area contributed by atoms with E-state index >= 15 is 0 Å². The SMILES string of the molecule is C#Cc1c(-c2cc(C(=O)CC(C)(C)P(=O)(Cl)Cl)c(C)cc2C)nn(C)c1C. The van der Waals surface area contributed by atoms with Gasteiger partial charge < -0.3 is 0 Å². The van der Waals surface area contributed by atoms with Crippen molar-refractivity contribution in [3.63, 3.8) is 0 Å². The van der Waals surface area contributed by atoms with Gasteiger partial charge in [-0.1, -0.05) is 25.8 Å². The van der Waals surface area contributed by atoms with Crippen LogP contribution in [0.2, 0.25) is 0 Å². The second-order valence-corrected chi connectivity index (χ2v) is 12.9. The Morgan fingerprint density at radius 3 is 2.37 bits per heavy atom. The van der Waals surface area contributed by atoms with Gasteiger partial charge in [-0.2, -0.15) is 5.10 Å². The molecule has 2 aromatic rings. The zero-order valence-electron chi connectivity index (χ0n) is 16.4. The number of carbonyl (C=O) groups is 1. The van der Waals surface area contributed by atoms with Gasteiger partial charge in [0.1, 0.15) is 5.69 Å². The van der Waals surface area contributed by atoms with Crippen molar-refractivity contribution < 1.29 is 9.36 Å². The fourth-order valence-electron chi connectivity index (χ4n) is 2.96. The quantitative estimate of drug-likeness (QED) is 0.335. The molecule has 4 nitrogen and oxygen atoms in total. The molecule has 0 saturated heterocycles. The van der Waals surface area contributed by atoms with Crippen molar-refractivity contribution in [2.75, 3.05) is 0 Å². The van der Waals surface area contributed by atoms with Crippen LogP contribution in [0.4, 0.5) is 0 Å². The summed E-state index contributed by atoms with van der Waals surface area (Å²) in [6.45, 7) is 8.99. The van der Waals surface area contributed by atoms with E-state index in [9.17, 15) is 9.36 Å². The second kappa shape index (κ2) is 7.47. The lowest BCUT2D eigenvalue weighted by Crippen LogP contribution is -2.21. The van der Waals surface area contributed by atoms with E-state index in [1.165, 1.54) is 0 Å². The Bertz CT molecular complexity index is 1010. The summed E-state index contributed by atoms with van der Waals surface area (Å²) in [5.74, 6) is -0.951. The van der Waals surface area contributed by atoms with Crippen LogP contribution in [0.15, 0.2) is 12.1 Å². The number of terminal acetylenes is 1. The molecule has 0 unspecified atom stereocenters. The summed E-state index contributed by atoms with van der Waals surface area (Å²) < 4.78 is 13.8. The molecule has 0 spiro atoms. The molecule has 0 saturated carbocycles. The van der Waals surface area contributed by atoms with Gasteiger partial charge in [0, 0.05) is 24.6 Å². The summed E-state index contributed by atoms with van der Waals surface area (Å²) in [5.41, 5.74) is 5.38. The van der Waals surface area contributed by atoms with E-state index in [1.807, 2.05) is 33.9 Å². The molecular formula is C20H23Cl2N2O2P. The van der Waals surface area contributed by atoms with Crippen molar-refractivity contribution in [1.29, 1.82) is 0 Å². The van der Waals surface area contributed by atoms with Crippen molar-refractivity contribution in [1.82, 2.24) is 9.78 Å². The number of Topliss-reactive ketones (excluding diaryl/α,β-unsaturated/α-hetero) is 1. The minimum atomic E-state index is -3.47. The molecule has 0 fully saturated rings. The number of hydrogen-bond donors (Lipinski definition) is 0. The Labute approximate surface area is 170 Å². The predicted molar refractivity (Wildman–Crippen MR) is 113 cm³/mol. The van der Waals surface area contributed by atoms with Crippen LogP contribution < -0.4 is 0 Å². The summed E-state index contributed by atoms with van der Waals surface area (Å²) in [5, 5.41) is 3.51. The van der Waals surface area contributed by atoms with E-state index in [1.54, 1.807) is 24.6 Å². The number of halogens is 2. The number of benzene rings is 1. The third-order valence-corrected chi connectivity index (χ3v) is 9.22. The molecule has 7 heteroatoms. The number of aromatic nitrogens is 2. The van der Waals surface area contributed by atoms with Gasteiger partial charge >= 0.3 is 0 Å². The van der Waals surface area contributed by atoms with E-state index in [0.29, 0.717) is 16.8 Å². The number of nitrogens with zero attached hydrogens (tertiary/aromatic N) is 2. The average Bonchev–Trinajstić information content (AvgIpc) is 2.80. The summed E-state index contributed by atoms with van der Waals surface area (Å²) in [4.78, 5) is 12.9. The molecule has 0 N–H and O–H groups in total. The lowest BCUT2D eigenvalue weighted by molar-refractivity contribution is 0.0972. The van der Waals surface area contributed by atoms with Gasteiger partial charge in [0.2, 0.25) is 0 Å². The van der Waals surface area contributed by atoms with Gasteiger partial charge in [-0.15, -0.1) is 6.42 Å². The Morgan fingerprint density at radius 2 is 1.85 bits per heavy atom. The first-order valence-corrected chi connectivity index (χ1v) is 12.0. The van der Waals surface area contributed by atoms with Gasteiger partial charge in [-0.05, 0) is 60.4 Å². The molecule has 0 atom stereocenters. The Hall–Kier alpha value is -1.53. The largest absolute Gasteiger partial charge is 0.294 e. The maximum Gasteiger partial charge on any atom is 0.258 e. The average molecular weight is 425 g/mol. The number of ketones is 1. The third-order valence-electron chi connectivity index (χ3n) is 4.90. The Morgan fingerprint density at radius 1 is 1.26 bits per heavy atom. The van der Waals surface area contributed by atoms with Crippen molar-refractivity contribution in [2.24, 2.45) is 7.05 Å². The zero-order valence-corrected chi connectivity index (χ0v) is 18.8. The van der Waals surface area contributed by atoms with E-state index in [4.69, 9.17) is 28.9 Å². The molecular weight excluding hydrogens is 402 g/mol. The van der Waals surface area contributed by atoms with Crippen LogP contribution in [0, 0.1) is 33.1 Å². The highest BCUT2D eigenvalue weighted by molar-refractivity contribution is 8.09. The molecule has 0 aliphatic carbocycles. The van der Waals surface area contributed by atoms with Crippen LogP contribution in [-0.4, -0.2) is 20.7 Å². The Kier molecular flexibility index (Phi) is 6.02. The maximum atomic E-state index is 12.9. The van der Waals surface area contributed by atoms with Crippen LogP contribution in [0.5, 0.6) is 0 Å². The van der Waals surface area contributed by atoms with Crippen LogP contribution in [0.3, 0.4) is 0 Å². The first-order valence-electron chi connectivity index (χ1n) is 8.44. The van der Waals surface area contributed by atoms with E-state index in [0.717, 1.165) is 22.4 Å². The number of rotatable bonds is 5. The van der Waals surface area contributed by atoms with Crippen LogP contribution in [0.1, 0.15) is 53.0 Å². The first kappa shape index (κ1) is 21.8. The lowest BCUT2D eigenvalue weighted by atomic mass is 9.91. The molecule has 0 bridgehead atoms. The topological polar surface area (TPSA) is 52.0 Å². The molecule has 1 aromatic heterocycles. The minimum absolute atomic E-state index is 0.0239. The highest BCUT2D eigenvalue weighted by atomic mass is 35.9. The monoisotopic (exact) mass is 424 g/mol. The fraction of sp³-hybridized carbons (Fsp3) is 0.400. The fourth-order valence-corrected chi connectivity index (χ4v) is 3.64. The highest BCUT2D eigenvalue weighted by Crippen LogP contribution is 2.68. The van der Waals surface area contributed by atoms with Crippen molar-refractivity contribution in [3.05, 3.63) is 40.1 Å². The first-order chi connectivity index (χ1) is 12.3. The predicted octanol–water partition coefficient (Wildman–Crippen LogP) is 6.02. The van der Waals surface area contributed by atoms with E-state index in [2.05, 4.69) is 11.0 Å². The highest BCUT2D eigenvalue weighted by Gasteiger charge is 2.39. The molecule has 0 amide bonds. The molecule has 1 aromatic carbocycles. The van der Waals surface area contributed by atoms with Crippen LogP contribution >= 0.6 is 28.3 Å². The normalized spacial score (nSPS) is 12.1. The van der Waals surface area contributed by atoms with Crippen LogP contribution in [0.25, 0.3) is 11.3 Å². The van der Waals surface area contributed by atoms with E-state index < -0.39 is 11.0 Å². The van der Waals surface area contributed by atoms with Gasteiger partial charge in [0.15, 0.2) is 5.78 Å². The molecule has 27 heavy (non-hydrogen) atoms. The van der Waals surface area contributed by atoms with Gasteiger partial charge in [-0.25, -0.2) is 0 Å². The lowest BCUT2D eigenvalue weighted by Gasteiger charge is -2.25. The van der Waals surface area contributed by atoms with Gasteiger partial charge in [0.25, 0.3) is 5.85 Å².